The highest BCUT2D eigenvalue weighted by Gasteiger charge is 2.51. The van der Waals surface area contributed by atoms with Gasteiger partial charge in [0.05, 0.1) is 11.7 Å². The lowest BCUT2D eigenvalue weighted by Crippen LogP contribution is -2.62. The number of rotatable bonds is 4. The first-order chi connectivity index (χ1) is 9.39. The zero-order valence-electron chi connectivity index (χ0n) is 13.1. The molecular weight excluding hydrogens is 288 g/mol. The highest BCUT2D eigenvalue weighted by Crippen LogP contribution is 2.45. The van der Waals surface area contributed by atoms with Crippen LogP contribution in [-0.4, -0.2) is 36.6 Å². The molecule has 1 aliphatic carbocycles. The summed E-state index contributed by atoms with van der Waals surface area (Å²) < 4.78 is 5.72. The number of nitrogens with two attached hydrogens (primary N) is 1. The molecule has 0 bridgehead atoms. The average molecular weight is 313 g/mol. The lowest BCUT2D eigenvalue weighted by molar-refractivity contribution is -0.136. The van der Waals surface area contributed by atoms with Gasteiger partial charge in [0, 0.05) is 30.8 Å². The van der Waals surface area contributed by atoms with Crippen LogP contribution >= 0.6 is 12.4 Å². The zero-order valence-corrected chi connectivity index (χ0v) is 13.9. The molecular formula is C16H25ClN2O2. The van der Waals surface area contributed by atoms with E-state index in [0.717, 1.165) is 6.42 Å². The molecule has 1 aromatic rings. The molecule has 1 aromatic carbocycles. The summed E-state index contributed by atoms with van der Waals surface area (Å²) in [6, 6.07) is 7.40. The number of benzene rings is 1. The molecule has 1 fully saturated rings. The summed E-state index contributed by atoms with van der Waals surface area (Å²) >= 11 is 0. The molecule has 5 heteroatoms. The molecule has 1 saturated carbocycles. The van der Waals surface area contributed by atoms with Crippen LogP contribution in [0.3, 0.4) is 0 Å². The molecule has 0 saturated heterocycles. The molecule has 2 N–H and O–H groups in total. The lowest BCUT2D eigenvalue weighted by atomic mass is 9.63. The molecule has 1 aliphatic rings. The number of carbonyl (C=O) groups is 1. The van der Waals surface area contributed by atoms with Gasteiger partial charge in [-0.15, -0.1) is 12.4 Å². The third-order valence-electron chi connectivity index (χ3n) is 4.47. The lowest BCUT2D eigenvalue weighted by Gasteiger charge is -2.54. The minimum Gasteiger partial charge on any atom is -0.398 e. The number of nitrogens with zero attached hydrogens (tertiary/aromatic N) is 1. The van der Waals surface area contributed by atoms with Crippen molar-refractivity contribution >= 4 is 24.0 Å². The van der Waals surface area contributed by atoms with Gasteiger partial charge in [-0.3, -0.25) is 4.79 Å². The van der Waals surface area contributed by atoms with Gasteiger partial charge in [0.25, 0.3) is 5.91 Å². The van der Waals surface area contributed by atoms with E-state index < -0.39 is 0 Å². The standard InChI is InChI=1S/C16H24N2O2.ClH/c1-5-20-14-10-13(16(14,2)3)18(4)15(19)11-8-6-7-9-12(11)17;/h6-9,13-14H,5,10,17H2,1-4H3;1H. The molecule has 2 atom stereocenters. The number of hydrogen-bond acceptors (Lipinski definition) is 3. The molecule has 2 unspecified atom stereocenters. The monoisotopic (exact) mass is 312 g/mol. The van der Waals surface area contributed by atoms with Gasteiger partial charge in [-0.05, 0) is 25.5 Å². The minimum atomic E-state index is -0.0238. The molecule has 2 rings (SSSR count). The first kappa shape index (κ1) is 17.8. The summed E-state index contributed by atoms with van der Waals surface area (Å²) in [4.78, 5) is 14.4. The van der Waals surface area contributed by atoms with Crippen molar-refractivity contribution in [3.8, 4) is 0 Å². The Morgan fingerprint density at radius 2 is 2.05 bits per heavy atom. The van der Waals surface area contributed by atoms with Crippen LogP contribution in [-0.2, 0) is 4.74 Å². The van der Waals surface area contributed by atoms with Crippen LogP contribution in [0.5, 0.6) is 0 Å². The predicted octanol–water partition coefficient (Wildman–Crippen LogP) is 2.97. The van der Waals surface area contributed by atoms with Gasteiger partial charge < -0.3 is 15.4 Å². The second-order valence-electron chi connectivity index (χ2n) is 6.02. The average Bonchev–Trinajstić information content (AvgIpc) is 2.42. The quantitative estimate of drug-likeness (QED) is 0.870. The number of carbonyl (C=O) groups excluding carboxylic acids is 1. The second-order valence-corrected chi connectivity index (χ2v) is 6.02. The van der Waals surface area contributed by atoms with Crippen molar-refractivity contribution in [2.24, 2.45) is 5.41 Å². The fourth-order valence-corrected chi connectivity index (χ4v) is 3.03. The normalized spacial score (nSPS) is 22.9. The van der Waals surface area contributed by atoms with Gasteiger partial charge in [0.2, 0.25) is 0 Å². The van der Waals surface area contributed by atoms with E-state index in [1.165, 1.54) is 0 Å². The van der Waals surface area contributed by atoms with Crippen LogP contribution in [0.2, 0.25) is 0 Å². The van der Waals surface area contributed by atoms with Gasteiger partial charge in [-0.25, -0.2) is 0 Å². The SMILES string of the molecule is CCOC1CC(N(C)C(=O)c2ccccc2N)C1(C)C.Cl. The molecule has 0 heterocycles. The van der Waals surface area contributed by atoms with E-state index in [-0.39, 0.29) is 35.9 Å². The maximum Gasteiger partial charge on any atom is 0.255 e. The van der Waals surface area contributed by atoms with Crippen LogP contribution in [0.25, 0.3) is 0 Å². The Kier molecular flexibility index (Phi) is 5.65. The number of anilines is 1. The minimum absolute atomic E-state index is 0. The molecule has 21 heavy (non-hydrogen) atoms. The second kappa shape index (κ2) is 6.67. The first-order valence-corrected chi connectivity index (χ1v) is 7.12. The molecule has 118 valence electrons. The van der Waals surface area contributed by atoms with Crippen LogP contribution in [0.4, 0.5) is 5.69 Å². The highest BCUT2D eigenvalue weighted by molar-refractivity contribution is 5.99. The Hall–Kier alpha value is -1.26. The third-order valence-corrected chi connectivity index (χ3v) is 4.47. The van der Waals surface area contributed by atoms with Gasteiger partial charge >= 0.3 is 0 Å². The van der Waals surface area contributed by atoms with Crippen molar-refractivity contribution in [3.63, 3.8) is 0 Å². The van der Waals surface area contributed by atoms with Gasteiger partial charge in [0.15, 0.2) is 0 Å². The van der Waals surface area contributed by atoms with Gasteiger partial charge in [-0.2, -0.15) is 0 Å². The summed E-state index contributed by atoms with van der Waals surface area (Å²) in [5.74, 6) is -0.0175. The summed E-state index contributed by atoms with van der Waals surface area (Å²) in [5.41, 5.74) is 6.97. The Morgan fingerprint density at radius 1 is 1.43 bits per heavy atom. The van der Waals surface area contributed by atoms with Crippen molar-refractivity contribution in [2.75, 3.05) is 19.4 Å². The van der Waals surface area contributed by atoms with E-state index in [9.17, 15) is 4.79 Å². The molecule has 1 amide bonds. The largest absolute Gasteiger partial charge is 0.398 e. The third kappa shape index (κ3) is 3.16. The number of amides is 1. The van der Waals surface area contributed by atoms with E-state index in [4.69, 9.17) is 10.5 Å². The summed E-state index contributed by atoms with van der Waals surface area (Å²) in [6.07, 6.45) is 1.11. The predicted molar refractivity (Wildman–Crippen MR) is 87.8 cm³/mol. The zero-order chi connectivity index (χ0) is 14.9. The van der Waals surface area contributed by atoms with E-state index in [1.54, 1.807) is 17.0 Å². The van der Waals surface area contributed by atoms with E-state index in [0.29, 0.717) is 17.9 Å². The fraction of sp³-hybridized carbons (Fsp3) is 0.562. The van der Waals surface area contributed by atoms with Crippen molar-refractivity contribution in [1.29, 1.82) is 0 Å². The first-order valence-electron chi connectivity index (χ1n) is 7.12. The smallest absolute Gasteiger partial charge is 0.255 e. The van der Waals surface area contributed by atoms with Gasteiger partial charge in [0.1, 0.15) is 0 Å². The molecule has 0 radical (unpaired) electrons. The van der Waals surface area contributed by atoms with Crippen molar-refractivity contribution in [3.05, 3.63) is 29.8 Å². The molecule has 0 spiro atoms. The van der Waals surface area contributed by atoms with E-state index >= 15 is 0 Å². The number of hydrogen-bond donors (Lipinski definition) is 1. The molecule has 4 nitrogen and oxygen atoms in total. The maximum absolute atomic E-state index is 12.6. The molecule has 0 aliphatic heterocycles. The Bertz CT molecular complexity index is 505. The van der Waals surface area contributed by atoms with E-state index in [2.05, 4.69) is 13.8 Å². The van der Waals surface area contributed by atoms with E-state index in [1.807, 2.05) is 26.1 Å². The summed E-state index contributed by atoms with van der Waals surface area (Å²) in [5, 5.41) is 0. The maximum atomic E-state index is 12.6. The van der Waals surface area contributed by atoms with Gasteiger partial charge in [-0.1, -0.05) is 26.0 Å². The Balaban J connectivity index is 0.00000220. The summed E-state index contributed by atoms with van der Waals surface area (Å²) in [6.45, 7) is 7.02. The van der Waals surface area contributed by atoms with Crippen LogP contribution < -0.4 is 5.73 Å². The summed E-state index contributed by atoms with van der Waals surface area (Å²) in [7, 11) is 1.85. The highest BCUT2D eigenvalue weighted by atomic mass is 35.5. The van der Waals surface area contributed by atoms with Crippen LogP contribution in [0.1, 0.15) is 37.6 Å². The van der Waals surface area contributed by atoms with Crippen molar-refractivity contribution < 1.29 is 9.53 Å². The Labute approximate surface area is 133 Å². The van der Waals surface area contributed by atoms with Crippen LogP contribution in [0.15, 0.2) is 24.3 Å². The van der Waals surface area contributed by atoms with Crippen molar-refractivity contribution in [1.82, 2.24) is 4.90 Å². The topological polar surface area (TPSA) is 55.6 Å². The fourth-order valence-electron chi connectivity index (χ4n) is 3.03. The number of para-hydroxylation sites is 1. The number of halogens is 1. The van der Waals surface area contributed by atoms with Crippen LogP contribution in [0, 0.1) is 5.41 Å². The molecule has 0 aromatic heterocycles. The number of nitrogen functional groups attached to an aromatic ring is 1. The number of ether oxygens (including phenoxy) is 1. The Morgan fingerprint density at radius 3 is 2.57 bits per heavy atom. The van der Waals surface area contributed by atoms with Crippen molar-refractivity contribution in [2.45, 2.75) is 39.3 Å².